The van der Waals surface area contributed by atoms with Gasteiger partial charge in [0, 0.05) is 18.4 Å². The molecule has 0 saturated heterocycles. The van der Waals surface area contributed by atoms with Crippen molar-refractivity contribution < 1.29 is 0 Å². The third kappa shape index (κ3) is 3.12. The maximum absolute atomic E-state index is 4.50. The first-order valence-corrected chi connectivity index (χ1v) is 8.08. The minimum absolute atomic E-state index is 0.443. The van der Waals surface area contributed by atoms with Crippen LogP contribution in [0.25, 0.3) is 0 Å². The minimum atomic E-state index is 0.443. The average molecular weight is 287 g/mol. The summed E-state index contributed by atoms with van der Waals surface area (Å²) >= 11 is 0. The third-order valence-electron chi connectivity index (χ3n) is 4.53. The van der Waals surface area contributed by atoms with Crippen LogP contribution in [0.4, 0.5) is 5.69 Å². The molecule has 2 heterocycles. The van der Waals surface area contributed by atoms with E-state index in [9.17, 15) is 0 Å². The van der Waals surface area contributed by atoms with Gasteiger partial charge >= 0.3 is 0 Å². The van der Waals surface area contributed by atoms with E-state index in [2.05, 4.69) is 51.0 Å². The molecule has 0 aromatic carbocycles. The maximum atomic E-state index is 4.50. The van der Waals surface area contributed by atoms with Crippen LogP contribution in [0.5, 0.6) is 0 Å². The Labute approximate surface area is 126 Å². The SMILES string of the molecule is CCC(C)n1nccc1CNc1cnn(C2CCCC2)c1. The lowest BCUT2D eigenvalue weighted by molar-refractivity contribution is 0.462. The second kappa shape index (κ2) is 6.33. The lowest BCUT2D eigenvalue weighted by Gasteiger charge is -2.14. The molecule has 1 atom stereocenters. The van der Waals surface area contributed by atoms with Crippen LogP contribution in [-0.4, -0.2) is 19.6 Å². The number of aromatic nitrogens is 4. The standard InChI is InChI=1S/C16H25N5/c1-3-13(2)21-16(8-9-18-21)11-17-14-10-19-20(12-14)15-6-4-5-7-15/h8-10,12-13,15,17H,3-7,11H2,1-2H3. The molecule has 0 bridgehead atoms. The van der Waals surface area contributed by atoms with Gasteiger partial charge in [-0.2, -0.15) is 10.2 Å². The van der Waals surface area contributed by atoms with E-state index >= 15 is 0 Å². The fourth-order valence-corrected chi connectivity index (χ4v) is 3.04. The molecule has 114 valence electrons. The molecule has 21 heavy (non-hydrogen) atoms. The zero-order valence-electron chi connectivity index (χ0n) is 13.0. The molecular formula is C16H25N5. The summed E-state index contributed by atoms with van der Waals surface area (Å²) in [6, 6.07) is 3.13. The van der Waals surface area contributed by atoms with Crippen LogP contribution >= 0.6 is 0 Å². The van der Waals surface area contributed by atoms with E-state index in [0.29, 0.717) is 12.1 Å². The zero-order valence-corrected chi connectivity index (χ0v) is 13.0. The van der Waals surface area contributed by atoms with Crippen LogP contribution in [-0.2, 0) is 6.54 Å². The zero-order chi connectivity index (χ0) is 14.7. The molecule has 5 heteroatoms. The maximum Gasteiger partial charge on any atom is 0.0729 e. The monoisotopic (exact) mass is 287 g/mol. The Kier molecular flexibility index (Phi) is 4.27. The molecule has 1 aliphatic carbocycles. The first-order valence-electron chi connectivity index (χ1n) is 8.08. The van der Waals surface area contributed by atoms with Gasteiger partial charge in [0.25, 0.3) is 0 Å². The predicted molar refractivity (Wildman–Crippen MR) is 84.3 cm³/mol. The molecule has 1 unspecified atom stereocenters. The van der Waals surface area contributed by atoms with Crippen LogP contribution in [0.2, 0.25) is 0 Å². The molecule has 1 saturated carbocycles. The second-order valence-electron chi connectivity index (χ2n) is 6.03. The lowest BCUT2D eigenvalue weighted by atomic mass is 10.2. The van der Waals surface area contributed by atoms with Crippen molar-refractivity contribution in [2.75, 3.05) is 5.32 Å². The van der Waals surface area contributed by atoms with Crippen molar-refractivity contribution in [3.05, 3.63) is 30.4 Å². The molecule has 2 aromatic heterocycles. The Morgan fingerprint density at radius 3 is 2.90 bits per heavy atom. The molecule has 0 spiro atoms. The van der Waals surface area contributed by atoms with E-state index in [1.165, 1.54) is 31.4 Å². The summed E-state index contributed by atoms with van der Waals surface area (Å²) in [7, 11) is 0. The Bertz CT molecular complexity index is 565. The van der Waals surface area contributed by atoms with Crippen LogP contribution < -0.4 is 5.32 Å². The van der Waals surface area contributed by atoms with Crippen LogP contribution in [0.1, 0.15) is 63.7 Å². The van der Waals surface area contributed by atoms with Crippen molar-refractivity contribution in [1.82, 2.24) is 19.6 Å². The fraction of sp³-hybridized carbons (Fsp3) is 0.625. The van der Waals surface area contributed by atoms with Gasteiger partial charge in [-0.05, 0) is 32.3 Å². The Balaban J connectivity index is 1.61. The number of hydrogen-bond acceptors (Lipinski definition) is 3. The van der Waals surface area contributed by atoms with Crippen LogP contribution in [0, 0.1) is 0 Å². The summed E-state index contributed by atoms with van der Waals surface area (Å²) < 4.78 is 4.23. The van der Waals surface area contributed by atoms with E-state index in [1.807, 2.05) is 12.4 Å². The highest BCUT2D eigenvalue weighted by Gasteiger charge is 2.17. The molecule has 2 aromatic rings. The summed E-state index contributed by atoms with van der Waals surface area (Å²) in [6.07, 6.45) is 12.2. The highest BCUT2D eigenvalue weighted by molar-refractivity contribution is 5.38. The molecule has 5 nitrogen and oxygen atoms in total. The molecule has 1 N–H and O–H groups in total. The van der Waals surface area contributed by atoms with Crippen molar-refractivity contribution >= 4 is 5.69 Å². The summed E-state index contributed by atoms with van der Waals surface area (Å²) in [6.45, 7) is 5.19. The van der Waals surface area contributed by atoms with Gasteiger partial charge in [-0.3, -0.25) is 9.36 Å². The number of rotatable bonds is 6. The summed E-state index contributed by atoms with van der Waals surface area (Å²) in [4.78, 5) is 0. The topological polar surface area (TPSA) is 47.7 Å². The smallest absolute Gasteiger partial charge is 0.0729 e. The second-order valence-corrected chi connectivity index (χ2v) is 6.03. The molecular weight excluding hydrogens is 262 g/mol. The molecule has 0 radical (unpaired) electrons. The van der Waals surface area contributed by atoms with Crippen molar-refractivity contribution in [2.45, 2.75) is 64.6 Å². The van der Waals surface area contributed by atoms with E-state index in [1.54, 1.807) is 0 Å². The Hall–Kier alpha value is -1.78. The van der Waals surface area contributed by atoms with Gasteiger partial charge in [0.15, 0.2) is 0 Å². The van der Waals surface area contributed by atoms with Gasteiger partial charge < -0.3 is 5.32 Å². The van der Waals surface area contributed by atoms with Crippen LogP contribution in [0.3, 0.4) is 0 Å². The van der Waals surface area contributed by atoms with Gasteiger partial charge in [0.2, 0.25) is 0 Å². The summed E-state index contributed by atoms with van der Waals surface area (Å²) in [5.74, 6) is 0. The summed E-state index contributed by atoms with van der Waals surface area (Å²) in [5.41, 5.74) is 2.32. The molecule has 1 aliphatic rings. The Morgan fingerprint density at radius 2 is 2.14 bits per heavy atom. The molecule has 0 amide bonds. The number of anilines is 1. The van der Waals surface area contributed by atoms with Crippen LogP contribution in [0.15, 0.2) is 24.7 Å². The van der Waals surface area contributed by atoms with Crippen molar-refractivity contribution in [1.29, 1.82) is 0 Å². The number of hydrogen-bond donors (Lipinski definition) is 1. The van der Waals surface area contributed by atoms with Crippen molar-refractivity contribution in [3.63, 3.8) is 0 Å². The van der Waals surface area contributed by atoms with E-state index in [-0.39, 0.29) is 0 Å². The quantitative estimate of drug-likeness (QED) is 0.879. The van der Waals surface area contributed by atoms with E-state index in [0.717, 1.165) is 18.7 Å². The van der Waals surface area contributed by atoms with Crippen molar-refractivity contribution in [3.8, 4) is 0 Å². The van der Waals surface area contributed by atoms with Gasteiger partial charge in [-0.15, -0.1) is 0 Å². The van der Waals surface area contributed by atoms with Crippen molar-refractivity contribution in [2.24, 2.45) is 0 Å². The van der Waals surface area contributed by atoms with Gasteiger partial charge in [0.05, 0.1) is 30.2 Å². The fourth-order valence-electron chi connectivity index (χ4n) is 3.04. The molecule has 0 aliphatic heterocycles. The third-order valence-corrected chi connectivity index (χ3v) is 4.53. The minimum Gasteiger partial charge on any atom is -0.377 e. The predicted octanol–water partition coefficient (Wildman–Crippen LogP) is 3.78. The van der Waals surface area contributed by atoms with Gasteiger partial charge in [-0.1, -0.05) is 19.8 Å². The van der Waals surface area contributed by atoms with E-state index in [4.69, 9.17) is 0 Å². The largest absolute Gasteiger partial charge is 0.377 e. The van der Waals surface area contributed by atoms with E-state index < -0.39 is 0 Å². The normalized spacial score (nSPS) is 17.2. The summed E-state index contributed by atoms with van der Waals surface area (Å²) in [5, 5.41) is 12.4. The number of nitrogens with zero attached hydrogens (tertiary/aromatic N) is 4. The lowest BCUT2D eigenvalue weighted by Crippen LogP contribution is -2.12. The number of nitrogens with one attached hydrogen (secondary N) is 1. The van der Waals surface area contributed by atoms with Gasteiger partial charge in [0.1, 0.15) is 0 Å². The first kappa shape index (κ1) is 14.2. The Morgan fingerprint density at radius 1 is 1.33 bits per heavy atom. The molecule has 3 rings (SSSR count). The molecule has 1 fully saturated rings. The van der Waals surface area contributed by atoms with Gasteiger partial charge in [-0.25, -0.2) is 0 Å². The highest BCUT2D eigenvalue weighted by Crippen LogP contribution is 2.29. The first-order chi connectivity index (χ1) is 10.3. The average Bonchev–Trinajstić information content (AvgIpc) is 3.23. The highest BCUT2D eigenvalue weighted by atomic mass is 15.3.